The molecule has 0 amide bonds. The van der Waals surface area contributed by atoms with Crippen molar-refractivity contribution in [2.24, 2.45) is 7.05 Å². The van der Waals surface area contributed by atoms with Crippen molar-refractivity contribution in [2.75, 3.05) is 13.7 Å². The second-order valence-electron chi connectivity index (χ2n) is 4.43. The van der Waals surface area contributed by atoms with E-state index < -0.39 is 0 Å². The van der Waals surface area contributed by atoms with Crippen LogP contribution >= 0.6 is 0 Å². The van der Waals surface area contributed by atoms with Crippen molar-refractivity contribution < 1.29 is 4.74 Å². The number of hydrogen-bond acceptors (Lipinski definition) is 3. The minimum absolute atomic E-state index is 0.219. The lowest BCUT2D eigenvalue weighted by Gasteiger charge is -2.18. The Morgan fingerprint density at radius 2 is 2.00 bits per heavy atom. The van der Waals surface area contributed by atoms with E-state index in [0.717, 1.165) is 5.69 Å². The van der Waals surface area contributed by atoms with Crippen LogP contribution in [0.5, 0.6) is 0 Å². The fourth-order valence-corrected chi connectivity index (χ4v) is 1.89. The molecule has 92 valence electrons. The zero-order valence-corrected chi connectivity index (χ0v) is 11.2. The Morgan fingerprint density at radius 1 is 1.38 bits per heavy atom. The highest BCUT2D eigenvalue weighted by Gasteiger charge is 2.19. The number of hydrogen-bond donors (Lipinski definition) is 1. The van der Waals surface area contributed by atoms with Gasteiger partial charge < -0.3 is 10.1 Å². The van der Waals surface area contributed by atoms with E-state index in [1.54, 1.807) is 0 Å². The molecule has 0 aliphatic rings. The summed E-state index contributed by atoms with van der Waals surface area (Å²) in [5.74, 6) is 0. The van der Waals surface area contributed by atoms with Gasteiger partial charge in [-0.3, -0.25) is 4.68 Å². The fourth-order valence-electron chi connectivity index (χ4n) is 1.89. The molecule has 0 aliphatic heterocycles. The van der Waals surface area contributed by atoms with Crippen LogP contribution < -0.4 is 5.32 Å². The van der Waals surface area contributed by atoms with Crippen LogP contribution in [0.15, 0.2) is 0 Å². The molecular formula is C12H23N3O. The molecule has 0 radical (unpaired) electrons. The molecule has 1 atom stereocenters. The molecule has 1 heterocycles. The highest BCUT2D eigenvalue weighted by molar-refractivity contribution is 5.28. The van der Waals surface area contributed by atoms with E-state index in [2.05, 4.69) is 31.2 Å². The van der Waals surface area contributed by atoms with Gasteiger partial charge in [0, 0.05) is 18.3 Å². The predicted octanol–water partition coefficient (Wildman–Crippen LogP) is 1.72. The summed E-state index contributed by atoms with van der Waals surface area (Å²) in [5.41, 5.74) is 3.53. The van der Waals surface area contributed by atoms with Gasteiger partial charge in [0.2, 0.25) is 0 Å². The Bertz CT molecular complexity index is 344. The quantitative estimate of drug-likeness (QED) is 0.829. The molecule has 0 aliphatic carbocycles. The van der Waals surface area contributed by atoms with Gasteiger partial charge in [-0.05, 0) is 34.7 Å². The van der Waals surface area contributed by atoms with Crippen molar-refractivity contribution in [3.05, 3.63) is 17.0 Å². The first-order valence-electron chi connectivity index (χ1n) is 5.76. The highest BCUT2D eigenvalue weighted by Crippen LogP contribution is 2.21. The van der Waals surface area contributed by atoms with E-state index in [1.165, 1.54) is 11.3 Å². The Balaban J connectivity index is 2.86. The average Bonchev–Trinajstić information content (AvgIpc) is 2.45. The minimum Gasteiger partial charge on any atom is -0.377 e. The summed E-state index contributed by atoms with van der Waals surface area (Å²) in [6, 6.07) is 0.219. The van der Waals surface area contributed by atoms with Gasteiger partial charge in [0.05, 0.1) is 24.4 Å². The van der Waals surface area contributed by atoms with E-state index in [9.17, 15) is 0 Å². The number of rotatable bonds is 5. The van der Waals surface area contributed by atoms with E-state index >= 15 is 0 Å². The first kappa shape index (κ1) is 13.2. The molecular weight excluding hydrogens is 202 g/mol. The van der Waals surface area contributed by atoms with Gasteiger partial charge in [-0.15, -0.1) is 0 Å². The minimum atomic E-state index is 0.219. The second kappa shape index (κ2) is 5.46. The lowest BCUT2D eigenvalue weighted by molar-refractivity contribution is 0.0623. The average molecular weight is 225 g/mol. The van der Waals surface area contributed by atoms with E-state index in [-0.39, 0.29) is 12.1 Å². The molecule has 0 fully saturated rings. The smallest absolute Gasteiger partial charge is 0.0666 e. The summed E-state index contributed by atoms with van der Waals surface area (Å²) >= 11 is 0. The second-order valence-corrected chi connectivity index (χ2v) is 4.43. The van der Waals surface area contributed by atoms with Crippen LogP contribution in [0.3, 0.4) is 0 Å². The summed E-state index contributed by atoms with van der Waals surface area (Å²) in [4.78, 5) is 0. The predicted molar refractivity (Wildman–Crippen MR) is 65.6 cm³/mol. The molecule has 16 heavy (non-hydrogen) atoms. The Labute approximate surface area is 98.0 Å². The van der Waals surface area contributed by atoms with Gasteiger partial charge in [0.1, 0.15) is 0 Å². The Kier molecular flexibility index (Phi) is 4.50. The maximum atomic E-state index is 5.67. The van der Waals surface area contributed by atoms with E-state index in [4.69, 9.17) is 4.74 Å². The molecule has 1 N–H and O–H groups in total. The lowest BCUT2D eigenvalue weighted by atomic mass is 10.1. The maximum Gasteiger partial charge on any atom is 0.0666 e. The van der Waals surface area contributed by atoms with Crippen molar-refractivity contribution >= 4 is 0 Å². The number of ether oxygens (including phenoxy) is 1. The molecule has 0 aromatic carbocycles. The van der Waals surface area contributed by atoms with Crippen molar-refractivity contribution in [3.8, 4) is 0 Å². The van der Waals surface area contributed by atoms with Crippen LogP contribution in [0.1, 0.15) is 36.8 Å². The number of nitrogens with one attached hydrogen (secondary N) is 1. The molecule has 4 heteroatoms. The molecule has 0 saturated carbocycles. The molecule has 0 spiro atoms. The van der Waals surface area contributed by atoms with Gasteiger partial charge in [-0.25, -0.2) is 0 Å². The zero-order valence-electron chi connectivity index (χ0n) is 11.2. The number of aromatic nitrogens is 2. The molecule has 0 saturated heterocycles. The molecule has 4 nitrogen and oxygen atoms in total. The van der Waals surface area contributed by atoms with Crippen molar-refractivity contribution in [3.63, 3.8) is 0 Å². The summed E-state index contributed by atoms with van der Waals surface area (Å²) in [6.07, 6.45) is 0.258. The van der Waals surface area contributed by atoms with Crippen LogP contribution in [-0.2, 0) is 11.8 Å². The highest BCUT2D eigenvalue weighted by atomic mass is 16.5. The Hall–Kier alpha value is -0.870. The van der Waals surface area contributed by atoms with Crippen LogP contribution in [0.25, 0.3) is 0 Å². The lowest BCUT2D eigenvalue weighted by Crippen LogP contribution is -2.24. The van der Waals surface area contributed by atoms with Crippen molar-refractivity contribution in [2.45, 2.75) is 39.8 Å². The molecule has 1 aromatic rings. The molecule has 1 rings (SSSR count). The molecule has 0 bridgehead atoms. The van der Waals surface area contributed by atoms with Gasteiger partial charge in [0.15, 0.2) is 0 Å². The number of nitrogens with zero attached hydrogens (tertiary/aromatic N) is 2. The summed E-state index contributed by atoms with van der Waals surface area (Å²) in [6.45, 7) is 8.92. The van der Waals surface area contributed by atoms with Gasteiger partial charge in [0.25, 0.3) is 0 Å². The third kappa shape index (κ3) is 2.83. The first-order valence-corrected chi connectivity index (χ1v) is 5.76. The van der Waals surface area contributed by atoms with Gasteiger partial charge in [-0.2, -0.15) is 5.10 Å². The third-order valence-electron chi connectivity index (χ3n) is 2.86. The fraction of sp³-hybridized carbons (Fsp3) is 0.750. The van der Waals surface area contributed by atoms with Gasteiger partial charge in [-0.1, -0.05) is 0 Å². The van der Waals surface area contributed by atoms with Crippen molar-refractivity contribution in [1.82, 2.24) is 15.1 Å². The van der Waals surface area contributed by atoms with E-state index in [0.29, 0.717) is 6.61 Å². The SMILES string of the molecule is CNC(COC(C)C)c1c(C)nn(C)c1C. The van der Waals surface area contributed by atoms with E-state index in [1.807, 2.05) is 25.7 Å². The monoisotopic (exact) mass is 225 g/mol. The summed E-state index contributed by atoms with van der Waals surface area (Å²) < 4.78 is 7.59. The summed E-state index contributed by atoms with van der Waals surface area (Å²) in [7, 11) is 3.93. The normalized spacial score (nSPS) is 13.4. The number of aryl methyl sites for hydroxylation is 2. The largest absolute Gasteiger partial charge is 0.377 e. The van der Waals surface area contributed by atoms with Gasteiger partial charge >= 0.3 is 0 Å². The topological polar surface area (TPSA) is 39.1 Å². The van der Waals surface area contributed by atoms with Crippen LogP contribution in [0.4, 0.5) is 0 Å². The first-order chi connectivity index (χ1) is 7.47. The third-order valence-corrected chi connectivity index (χ3v) is 2.86. The van der Waals surface area contributed by atoms with Crippen LogP contribution in [-0.4, -0.2) is 29.5 Å². The number of likely N-dealkylation sites (N-methyl/N-ethyl adjacent to an activating group) is 1. The van der Waals surface area contributed by atoms with Crippen LogP contribution in [0, 0.1) is 13.8 Å². The zero-order chi connectivity index (χ0) is 12.3. The summed E-state index contributed by atoms with van der Waals surface area (Å²) in [5, 5.41) is 7.72. The molecule has 1 unspecified atom stereocenters. The van der Waals surface area contributed by atoms with Crippen LogP contribution in [0.2, 0.25) is 0 Å². The van der Waals surface area contributed by atoms with Crippen molar-refractivity contribution in [1.29, 1.82) is 0 Å². The maximum absolute atomic E-state index is 5.67. The molecule has 1 aromatic heterocycles. The Morgan fingerprint density at radius 3 is 2.38 bits per heavy atom. The standard InChI is InChI=1S/C12H23N3O/c1-8(2)16-7-11(13-5)12-9(3)14-15(6)10(12)4/h8,11,13H,7H2,1-6H3.